The van der Waals surface area contributed by atoms with E-state index in [1.165, 1.54) is 0 Å². The van der Waals surface area contributed by atoms with Crippen LogP contribution in [-0.4, -0.2) is 21.5 Å². The normalized spacial score (nSPS) is 15.0. The lowest BCUT2D eigenvalue weighted by Gasteiger charge is -2.27. The number of nitrogens with one attached hydrogen (secondary N) is 1. The smallest absolute Gasteiger partial charge is 0.358 e. The SMILES string of the molecule is FC(F)(F)c1ccnc(N2CCc3[nH]c4ccccc4c3C2)n1. The van der Waals surface area contributed by atoms with Gasteiger partial charge in [-0.25, -0.2) is 9.97 Å². The summed E-state index contributed by atoms with van der Waals surface area (Å²) < 4.78 is 38.5. The molecule has 0 aliphatic carbocycles. The fraction of sp³-hybridized carbons (Fsp3) is 0.250. The van der Waals surface area contributed by atoms with E-state index in [-0.39, 0.29) is 5.95 Å². The van der Waals surface area contributed by atoms with E-state index in [1.54, 1.807) is 4.90 Å². The minimum absolute atomic E-state index is 0.121. The molecule has 3 aromatic rings. The zero-order valence-corrected chi connectivity index (χ0v) is 12.1. The predicted molar refractivity (Wildman–Crippen MR) is 80.1 cm³/mol. The van der Waals surface area contributed by atoms with Gasteiger partial charge in [-0.3, -0.25) is 0 Å². The van der Waals surface area contributed by atoms with Gasteiger partial charge in [-0.2, -0.15) is 13.2 Å². The molecule has 0 spiro atoms. The Labute approximate surface area is 130 Å². The second-order valence-electron chi connectivity index (χ2n) is 5.54. The molecule has 0 fully saturated rings. The van der Waals surface area contributed by atoms with Crippen molar-refractivity contribution in [3.63, 3.8) is 0 Å². The molecule has 0 saturated carbocycles. The molecule has 0 unspecified atom stereocenters. The Morgan fingerprint density at radius 2 is 1.96 bits per heavy atom. The number of hydrogen-bond donors (Lipinski definition) is 1. The number of nitrogens with zero attached hydrogens (tertiary/aromatic N) is 3. The summed E-state index contributed by atoms with van der Waals surface area (Å²) in [5.41, 5.74) is 2.37. The van der Waals surface area contributed by atoms with Crippen LogP contribution in [0.5, 0.6) is 0 Å². The van der Waals surface area contributed by atoms with Gasteiger partial charge in [-0.15, -0.1) is 0 Å². The maximum absolute atomic E-state index is 12.8. The quantitative estimate of drug-likeness (QED) is 0.746. The highest BCUT2D eigenvalue weighted by atomic mass is 19.4. The summed E-state index contributed by atoms with van der Waals surface area (Å²) >= 11 is 0. The topological polar surface area (TPSA) is 44.8 Å². The molecule has 4 rings (SSSR count). The van der Waals surface area contributed by atoms with Crippen molar-refractivity contribution < 1.29 is 13.2 Å². The van der Waals surface area contributed by atoms with Gasteiger partial charge in [0, 0.05) is 47.9 Å². The Kier molecular flexibility index (Phi) is 3.04. The number of hydrogen-bond acceptors (Lipinski definition) is 3. The summed E-state index contributed by atoms with van der Waals surface area (Å²) in [6, 6.07) is 8.82. The lowest BCUT2D eigenvalue weighted by atomic mass is 10.0. The van der Waals surface area contributed by atoms with E-state index in [1.807, 2.05) is 24.3 Å². The highest BCUT2D eigenvalue weighted by Crippen LogP contribution is 2.31. The van der Waals surface area contributed by atoms with Gasteiger partial charge in [0.05, 0.1) is 0 Å². The molecule has 0 bridgehead atoms. The number of benzene rings is 1. The Bertz CT molecular complexity index is 869. The average Bonchev–Trinajstić information content (AvgIpc) is 2.92. The number of aromatic amines is 1. The summed E-state index contributed by atoms with van der Waals surface area (Å²) in [4.78, 5) is 12.9. The van der Waals surface area contributed by atoms with Crippen molar-refractivity contribution in [3.05, 3.63) is 53.5 Å². The molecule has 0 radical (unpaired) electrons. The van der Waals surface area contributed by atoms with E-state index >= 15 is 0 Å². The van der Waals surface area contributed by atoms with E-state index in [2.05, 4.69) is 15.0 Å². The number of H-pyrrole nitrogens is 1. The maximum Gasteiger partial charge on any atom is 0.433 e. The second-order valence-corrected chi connectivity index (χ2v) is 5.54. The first kappa shape index (κ1) is 14.0. The molecule has 0 amide bonds. The average molecular weight is 318 g/mol. The van der Waals surface area contributed by atoms with Gasteiger partial charge in [-0.1, -0.05) is 18.2 Å². The van der Waals surface area contributed by atoms with Gasteiger partial charge < -0.3 is 9.88 Å². The third-order valence-electron chi connectivity index (χ3n) is 4.10. The maximum atomic E-state index is 12.8. The molecule has 1 aromatic carbocycles. The molecule has 1 aliphatic rings. The summed E-state index contributed by atoms with van der Waals surface area (Å²) in [6.45, 7) is 1.09. The van der Waals surface area contributed by atoms with Gasteiger partial charge >= 0.3 is 6.18 Å². The molecule has 0 atom stereocenters. The van der Waals surface area contributed by atoms with Crippen LogP contribution in [0, 0.1) is 0 Å². The molecule has 2 aromatic heterocycles. The lowest BCUT2D eigenvalue weighted by Crippen LogP contribution is -2.32. The highest BCUT2D eigenvalue weighted by molar-refractivity contribution is 5.85. The number of halogens is 3. The molecular weight excluding hydrogens is 305 g/mol. The molecule has 1 aliphatic heterocycles. The van der Waals surface area contributed by atoms with Crippen LogP contribution in [0.4, 0.5) is 19.1 Å². The molecular formula is C16H13F3N4. The van der Waals surface area contributed by atoms with Crippen LogP contribution in [0.2, 0.25) is 0 Å². The first-order valence-electron chi connectivity index (χ1n) is 7.26. The van der Waals surface area contributed by atoms with Crippen LogP contribution in [0.25, 0.3) is 10.9 Å². The monoisotopic (exact) mass is 318 g/mol. The van der Waals surface area contributed by atoms with Crippen molar-refractivity contribution in [2.75, 3.05) is 11.4 Å². The summed E-state index contributed by atoms with van der Waals surface area (Å²) in [6.07, 6.45) is -2.57. The van der Waals surface area contributed by atoms with E-state index in [0.717, 1.165) is 40.8 Å². The van der Waals surface area contributed by atoms with Crippen molar-refractivity contribution in [3.8, 4) is 0 Å². The molecule has 118 valence electrons. The molecule has 23 heavy (non-hydrogen) atoms. The van der Waals surface area contributed by atoms with Crippen LogP contribution in [0.1, 0.15) is 17.0 Å². The molecule has 3 heterocycles. The minimum atomic E-state index is -4.46. The van der Waals surface area contributed by atoms with Crippen LogP contribution in [0.3, 0.4) is 0 Å². The molecule has 4 nitrogen and oxygen atoms in total. The fourth-order valence-corrected chi connectivity index (χ4v) is 3.00. The number of para-hydroxylation sites is 1. The largest absolute Gasteiger partial charge is 0.433 e. The van der Waals surface area contributed by atoms with E-state index < -0.39 is 11.9 Å². The first-order valence-corrected chi connectivity index (χ1v) is 7.26. The summed E-state index contributed by atoms with van der Waals surface area (Å²) in [5.74, 6) is 0.121. The van der Waals surface area contributed by atoms with Crippen molar-refractivity contribution in [2.45, 2.75) is 19.1 Å². The number of anilines is 1. The third-order valence-corrected chi connectivity index (χ3v) is 4.10. The van der Waals surface area contributed by atoms with Crippen molar-refractivity contribution >= 4 is 16.9 Å². The van der Waals surface area contributed by atoms with Crippen molar-refractivity contribution in [1.29, 1.82) is 0 Å². The number of rotatable bonds is 1. The number of aromatic nitrogens is 3. The Morgan fingerprint density at radius 1 is 1.13 bits per heavy atom. The molecule has 1 N–H and O–H groups in total. The second kappa shape index (κ2) is 4.97. The zero-order valence-electron chi connectivity index (χ0n) is 12.1. The predicted octanol–water partition coefficient (Wildman–Crippen LogP) is 3.54. The molecule has 0 saturated heterocycles. The van der Waals surface area contributed by atoms with Gasteiger partial charge in [0.15, 0.2) is 0 Å². The Balaban J connectivity index is 1.70. The molecule has 7 heteroatoms. The standard InChI is InChI=1S/C16H13F3N4/c17-16(18,19)14-5-7-20-15(22-14)23-8-6-13-11(9-23)10-3-1-2-4-12(10)21-13/h1-5,7,21H,6,8-9H2. The van der Waals surface area contributed by atoms with Gasteiger partial charge in [0.25, 0.3) is 0 Å². The van der Waals surface area contributed by atoms with Crippen molar-refractivity contribution in [2.24, 2.45) is 0 Å². The highest BCUT2D eigenvalue weighted by Gasteiger charge is 2.33. The number of fused-ring (bicyclic) bond motifs is 3. The van der Waals surface area contributed by atoms with E-state index in [4.69, 9.17) is 0 Å². The minimum Gasteiger partial charge on any atom is -0.358 e. The van der Waals surface area contributed by atoms with E-state index in [0.29, 0.717) is 13.1 Å². The number of alkyl halides is 3. The summed E-state index contributed by atoms with van der Waals surface area (Å²) in [7, 11) is 0. The Hall–Kier alpha value is -2.57. The Morgan fingerprint density at radius 3 is 2.78 bits per heavy atom. The lowest BCUT2D eigenvalue weighted by molar-refractivity contribution is -0.141. The first-order chi connectivity index (χ1) is 11.0. The third kappa shape index (κ3) is 2.42. The van der Waals surface area contributed by atoms with Gasteiger partial charge in [0.1, 0.15) is 5.69 Å². The zero-order chi connectivity index (χ0) is 16.0. The van der Waals surface area contributed by atoms with Crippen LogP contribution < -0.4 is 4.90 Å². The fourth-order valence-electron chi connectivity index (χ4n) is 3.00. The van der Waals surface area contributed by atoms with Crippen molar-refractivity contribution in [1.82, 2.24) is 15.0 Å². The van der Waals surface area contributed by atoms with Crippen LogP contribution in [-0.2, 0) is 19.1 Å². The van der Waals surface area contributed by atoms with E-state index in [9.17, 15) is 13.2 Å². The van der Waals surface area contributed by atoms with Crippen LogP contribution in [0.15, 0.2) is 36.5 Å². The summed E-state index contributed by atoms with van der Waals surface area (Å²) in [5, 5.41) is 1.10. The van der Waals surface area contributed by atoms with Gasteiger partial charge in [-0.05, 0) is 12.1 Å². The van der Waals surface area contributed by atoms with Crippen LogP contribution >= 0.6 is 0 Å². The van der Waals surface area contributed by atoms with Gasteiger partial charge in [0.2, 0.25) is 5.95 Å².